The highest BCUT2D eigenvalue weighted by Crippen LogP contribution is 2.63. The fourth-order valence-electron chi connectivity index (χ4n) is 6.10. The van der Waals surface area contributed by atoms with Crippen LogP contribution in [0.1, 0.15) is 46.0 Å². The number of rotatable bonds is 0. The first-order valence-corrected chi connectivity index (χ1v) is 8.70. The number of allylic oxidation sites excluding steroid dienone is 3. The van der Waals surface area contributed by atoms with Crippen LogP contribution >= 0.6 is 0 Å². The van der Waals surface area contributed by atoms with Crippen LogP contribution in [0.4, 0.5) is 0 Å². The van der Waals surface area contributed by atoms with Crippen LogP contribution in [0.15, 0.2) is 23.8 Å². The minimum atomic E-state index is -0.415. The quantitative estimate of drug-likeness (QED) is 0.602. The van der Waals surface area contributed by atoms with E-state index in [9.17, 15) is 10.2 Å². The van der Waals surface area contributed by atoms with Crippen LogP contribution in [-0.4, -0.2) is 28.1 Å². The predicted molar refractivity (Wildman–Crippen MR) is 86.7 cm³/mol. The molecule has 120 valence electrons. The summed E-state index contributed by atoms with van der Waals surface area (Å²) in [6.07, 6.45) is 10.3. The molecule has 4 aliphatic rings. The van der Waals surface area contributed by atoms with Crippen LogP contribution in [0.3, 0.4) is 0 Å². The smallest absolute Gasteiger partial charge is 0.0758 e. The Balaban J connectivity index is 1.78. The van der Waals surface area contributed by atoms with Crippen LogP contribution in [-0.2, 0) is 0 Å². The van der Waals surface area contributed by atoms with Crippen molar-refractivity contribution in [1.82, 2.24) is 0 Å². The van der Waals surface area contributed by atoms with Crippen LogP contribution in [0, 0.1) is 34.0 Å². The van der Waals surface area contributed by atoms with Gasteiger partial charge in [-0.15, -0.1) is 0 Å². The number of hydrogen-bond donors (Lipinski definition) is 3. The molecule has 4 aliphatic carbocycles. The van der Waals surface area contributed by atoms with Gasteiger partial charge in [-0.3, -0.25) is 0 Å². The molecule has 2 unspecified atom stereocenters. The van der Waals surface area contributed by atoms with E-state index in [1.807, 2.05) is 12.2 Å². The van der Waals surface area contributed by atoms with Gasteiger partial charge in [0.05, 0.1) is 12.2 Å². The first-order valence-electron chi connectivity index (χ1n) is 8.70. The second-order valence-electron chi connectivity index (χ2n) is 8.43. The van der Waals surface area contributed by atoms with Crippen molar-refractivity contribution in [2.75, 3.05) is 0 Å². The lowest BCUT2D eigenvalue weighted by Crippen LogP contribution is -2.54. The molecule has 0 amide bonds. The summed E-state index contributed by atoms with van der Waals surface area (Å²) in [6, 6.07) is 0. The van der Waals surface area contributed by atoms with Gasteiger partial charge in [0.15, 0.2) is 0 Å². The Bertz CT molecular complexity index is 580. The van der Waals surface area contributed by atoms with E-state index in [0.29, 0.717) is 24.0 Å². The number of aliphatic hydroxyl groups excluding tert-OH is 2. The summed E-state index contributed by atoms with van der Waals surface area (Å²) in [5.41, 5.74) is 1.85. The molecule has 0 heterocycles. The van der Waals surface area contributed by atoms with E-state index in [1.54, 1.807) is 0 Å². The molecule has 22 heavy (non-hydrogen) atoms. The number of fused-ring (bicyclic) bond motifs is 5. The monoisotopic (exact) mass is 301 g/mol. The van der Waals surface area contributed by atoms with E-state index in [2.05, 4.69) is 19.9 Å². The molecule has 0 spiro atoms. The highest BCUT2D eigenvalue weighted by Gasteiger charge is 2.59. The average molecular weight is 301 g/mol. The first kappa shape index (κ1) is 14.6. The maximum Gasteiger partial charge on any atom is 0.0758 e. The van der Waals surface area contributed by atoms with Gasteiger partial charge in [-0.25, -0.2) is 0 Å². The van der Waals surface area contributed by atoms with Gasteiger partial charge in [-0.2, -0.15) is 0 Å². The van der Waals surface area contributed by atoms with Crippen LogP contribution in [0.5, 0.6) is 0 Å². The molecule has 0 aromatic rings. The van der Waals surface area contributed by atoms with Crippen LogP contribution in [0.2, 0.25) is 0 Å². The van der Waals surface area contributed by atoms with Crippen LogP contribution < -0.4 is 0 Å². The molecule has 0 bridgehead atoms. The lowest BCUT2D eigenvalue weighted by atomic mass is 9.48. The molecule has 3 N–H and O–H groups in total. The zero-order valence-corrected chi connectivity index (χ0v) is 13.5. The Morgan fingerprint density at radius 2 is 1.91 bits per heavy atom. The molecule has 4 rings (SSSR count). The highest BCUT2D eigenvalue weighted by atomic mass is 16.3. The van der Waals surface area contributed by atoms with Gasteiger partial charge in [0.1, 0.15) is 0 Å². The van der Waals surface area contributed by atoms with Crippen molar-refractivity contribution in [1.29, 1.82) is 5.41 Å². The summed E-state index contributed by atoms with van der Waals surface area (Å²) in [4.78, 5) is 0. The summed E-state index contributed by atoms with van der Waals surface area (Å²) >= 11 is 0. The van der Waals surface area contributed by atoms with Crippen molar-refractivity contribution in [3.8, 4) is 0 Å². The molecule has 0 saturated heterocycles. The fourth-order valence-corrected chi connectivity index (χ4v) is 6.10. The number of aliphatic hydroxyl groups is 2. The van der Waals surface area contributed by atoms with E-state index in [-0.39, 0.29) is 22.9 Å². The van der Waals surface area contributed by atoms with E-state index in [0.717, 1.165) is 25.7 Å². The lowest BCUT2D eigenvalue weighted by Gasteiger charge is -2.57. The average Bonchev–Trinajstić information content (AvgIpc) is 2.77. The van der Waals surface area contributed by atoms with Crippen molar-refractivity contribution in [2.45, 2.75) is 58.2 Å². The molecule has 0 radical (unpaired) electrons. The Labute approximate surface area is 132 Å². The molecule has 0 aliphatic heterocycles. The third-order valence-electron chi connectivity index (χ3n) is 7.52. The minimum Gasteiger partial charge on any atom is -0.393 e. The standard InChI is InChI=1S/C19H27NO2/c1-18-7-5-12(20)9-11(18)10-15(21)17-13-3-4-16(22)19(13,2)8-6-14(17)18/h5,7,10,13-17,20-22H,3-4,6,8-9H2,1-2H3/t13-,14+,15?,16?,17-,18-,19-/m0/s1. The van der Waals surface area contributed by atoms with Crippen molar-refractivity contribution in [3.63, 3.8) is 0 Å². The number of nitrogens with one attached hydrogen (secondary N) is 1. The zero-order valence-electron chi connectivity index (χ0n) is 13.5. The van der Waals surface area contributed by atoms with E-state index >= 15 is 0 Å². The highest BCUT2D eigenvalue weighted by molar-refractivity contribution is 5.95. The van der Waals surface area contributed by atoms with Gasteiger partial charge in [0.25, 0.3) is 0 Å². The van der Waals surface area contributed by atoms with E-state index in [1.165, 1.54) is 5.57 Å². The normalized spacial score (nSPS) is 53.5. The molecule has 0 aromatic heterocycles. The van der Waals surface area contributed by atoms with Crippen molar-refractivity contribution in [3.05, 3.63) is 23.8 Å². The Morgan fingerprint density at radius 1 is 1.14 bits per heavy atom. The number of hydrogen-bond acceptors (Lipinski definition) is 3. The molecule has 7 atom stereocenters. The largest absolute Gasteiger partial charge is 0.393 e. The Morgan fingerprint density at radius 3 is 2.68 bits per heavy atom. The van der Waals surface area contributed by atoms with Gasteiger partial charge < -0.3 is 15.6 Å². The third kappa shape index (κ3) is 1.73. The maximum atomic E-state index is 10.8. The predicted octanol–water partition coefficient (Wildman–Crippen LogP) is 3.08. The van der Waals surface area contributed by atoms with Gasteiger partial charge in [-0.05, 0) is 54.9 Å². The SMILES string of the molecule is C[C@]12C=CC(=N)CC1=CC(O)[C@@H]1[C@H]2CC[C@]2(C)C(O)CC[C@@H]12. The summed E-state index contributed by atoms with van der Waals surface area (Å²) in [5, 5.41) is 29.2. The summed E-state index contributed by atoms with van der Waals surface area (Å²) in [7, 11) is 0. The van der Waals surface area contributed by atoms with Gasteiger partial charge in [0.2, 0.25) is 0 Å². The molecule has 0 aromatic carbocycles. The third-order valence-corrected chi connectivity index (χ3v) is 7.52. The lowest BCUT2D eigenvalue weighted by molar-refractivity contribution is -0.0891. The van der Waals surface area contributed by atoms with Crippen LogP contribution in [0.25, 0.3) is 0 Å². The van der Waals surface area contributed by atoms with Crippen molar-refractivity contribution in [2.24, 2.45) is 28.6 Å². The second-order valence-corrected chi connectivity index (χ2v) is 8.43. The molecular formula is C19H27NO2. The second kappa shape index (κ2) is 4.55. The molecule has 2 fully saturated rings. The maximum absolute atomic E-state index is 10.8. The van der Waals surface area contributed by atoms with Gasteiger partial charge in [-0.1, -0.05) is 31.6 Å². The fraction of sp³-hybridized carbons (Fsp3) is 0.737. The summed E-state index contributed by atoms with van der Waals surface area (Å²) in [6.45, 7) is 4.52. The van der Waals surface area contributed by atoms with Gasteiger partial charge in [0, 0.05) is 17.5 Å². The molecule has 3 heteroatoms. The molecular weight excluding hydrogens is 274 g/mol. The summed E-state index contributed by atoms with van der Waals surface area (Å²) in [5.74, 6) is 1.11. The first-order chi connectivity index (χ1) is 10.4. The van der Waals surface area contributed by atoms with Gasteiger partial charge >= 0.3 is 0 Å². The minimum absolute atomic E-state index is 0.0106. The molecule has 2 saturated carbocycles. The topological polar surface area (TPSA) is 64.3 Å². The zero-order chi connectivity index (χ0) is 15.7. The van der Waals surface area contributed by atoms with E-state index < -0.39 is 6.10 Å². The van der Waals surface area contributed by atoms with Crippen molar-refractivity contribution < 1.29 is 10.2 Å². The summed E-state index contributed by atoms with van der Waals surface area (Å²) < 4.78 is 0. The Kier molecular flexibility index (Phi) is 3.03. The Hall–Kier alpha value is -0.930. The van der Waals surface area contributed by atoms with E-state index in [4.69, 9.17) is 5.41 Å². The van der Waals surface area contributed by atoms with Crippen molar-refractivity contribution >= 4 is 5.71 Å². The molecule has 3 nitrogen and oxygen atoms in total.